The lowest BCUT2D eigenvalue weighted by atomic mass is 9.98. The molecule has 1 fully saturated rings. The highest BCUT2D eigenvalue weighted by Crippen LogP contribution is 2.24. The van der Waals surface area contributed by atoms with Crippen LogP contribution in [0.15, 0.2) is 53.5 Å². The van der Waals surface area contributed by atoms with Crippen LogP contribution >= 0.6 is 0 Å². The molecule has 4 rings (SSSR count). The van der Waals surface area contributed by atoms with Gasteiger partial charge in [-0.2, -0.15) is 0 Å². The van der Waals surface area contributed by atoms with Crippen LogP contribution in [0.1, 0.15) is 16.1 Å². The minimum Gasteiger partial charge on any atom is -0.506 e. The normalized spacial score (nSPS) is 14.4. The SMILES string of the molecule is CN(Cc1ccn(C)c(=O)c1)CC1CN(C(=O)c2ccc3cccc(O)c3n2)C1. The largest absolute Gasteiger partial charge is 0.506 e. The Kier molecular flexibility index (Phi) is 5.07. The van der Waals surface area contributed by atoms with Crippen molar-refractivity contribution in [3.05, 3.63) is 70.3 Å². The van der Waals surface area contributed by atoms with Crippen molar-refractivity contribution in [3.63, 3.8) is 0 Å². The van der Waals surface area contributed by atoms with Gasteiger partial charge in [-0.1, -0.05) is 18.2 Å². The predicted molar refractivity (Wildman–Crippen MR) is 111 cm³/mol. The van der Waals surface area contributed by atoms with Crippen molar-refractivity contribution in [1.82, 2.24) is 19.4 Å². The standard InChI is InChI=1S/C22H24N4O3/c1-24(11-15-8-9-25(2)20(28)10-15)12-16-13-26(14-16)22(29)18-7-6-17-4-3-5-19(27)21(17)23-18/h3-10,16,27H,11-14H2,1-2H3. The minimum atomic E-state index is -0.111. The van der Waals surface area contributed by atoms with Crippen LogP contribution in [0.25, 0.3) is 10.9 Å². The predicted octanol–water partition coefficient (Wildman–Crippen LogP) is 1.84. The van der Waals surface area contributed by atoms with Gasteiger partial charge in [0.15, 0.2) is 0 Å². The summed E-state index contributed by atoms with van der Waals surface area (Å²) in [6.45, 7) is 2.91. The maximum atomic E-state index is 12.7. The first kappa shape index (κ1) is 19.1. The van der Waals surface area contributed by atoms with E-state index in [-0.39, 0.29) is 17.2 Å². The van der Waals surface area contributed by atoms with E-state index in [1.54, 1.807) is 47.0 Å². The zero-order valence-electron chi connectivity index (χ0n) is 16.6. The van der Waals surface area contributed by atoms with Crippen molar-refractivity contribution >= 4 is 16.8 Å². The third-order valence-corrected chi connectivity index (χ3v) is 5.35. The van der Waals surface area contributed by atoms with Crippen LogP contribution in [0, 0.1) is 5.92 Å². The molecule has 29 heavy (non-hydrogen) atoms. The highest BCUT2D eigenvalue weighted by molar-refractivity contribution is 5.96. The summed E-state index contributed by atoms with van der Waals surface area (Å²) in [6.07, 6.45) is 1.78. The van der Waals surface area contributed by atoms with E-state index in [9.17, 15) is 14.7 Å². The lowest BCUT2D eigenvalue weighted by Gasteiger charge is -2.40. The molecule has 0 aliphatic carbocycles. The van der Waals surface area contributed by atoms with E-state index < -0.39 is 0 Å². The van der Waals surface area contributed by atoms with Gasteiger partial charge in [0.1, 0.15) is 17.0 Å². The third kappa shape index (κ3) is 4.00. The van der Waals surface area contributed by atoms with Gasteiger partial charge >= 0.3 is 0 Å². The summed E-state index contributed by atoms with van der Waals surface area (Å²) in [5, 5.41) is 10.8. The first-order valence-electron chi connectivity index (χ1n) is 9.63. The second kappa shape index (κ2) is 7.67. The molecule has 150 valence electrons. The number of phenolic OH excluding ortho intramolecular Hbond substituents is 1. The monoisotopic (exact) mass is 392 g/mol. The lowest BCUT2D eigenvalue weighted by Crippen LogP contribution is -2.53. The molecule has 1 aliphatic rings. The summed E-state index contributed by atoms with van der Waals surface area (Å²) in [5.41, 5.74) is 1.78. The van der Waals surface area contributed by atoms with Gasteiger partial charge in [-0.05, 0) is 30.8 Å². The molecule has 1 aliphatic heterocycles. The summed E-state index contributed by atoms with van der Waals surface area (Å²) in [5.74, 6) is 0.362. The Morgan fingerprint density at radius 1 is 1.24 bits per heavy atom. The van der Waals surface area contributed by atoms with Crippen molar-refractivity contribution in [3.8, 4) is 5.75 Å². The van der Waals surface area contributed by atoms with Crippen LogP contribution in [-0.2, 0) is 13.6 Å². The van der Waals surface area contributed by atoms with Crippen molar-refractivity contribution in [1.29, 1.82) is 0 Å². The molecule has 0 unspecified atom stereocenters. The molecule has 1 aromatic carbocycles. The summed E-state index contributed by atoms with van der Waals surface area (Å²) in [7, 11) is 3.76. The summed E-state index contributed by atoms with van der Waals surface area (Å²) >= 11 is 0. The first-order valence-corrected chi connectivity index (χ1v) is 9.63. The topological polar surface area (TPSA) is 78.7 Å². The van der Waals surface area contributed by atoms with Crippen LogP contribution < -0.4 is 5.56 Å². The number of benzene rings is 1. The molecule has 0 spiro atoms. The smallest absolute Gasteiger partial charge is 0.272 e. The number of aromatic hydroxyl groups is 1. The van der Waals surface area contributed by atoms with Crippen molar-refractivity contribution in [2.45, 2.75) is 6.54 Å². The second-order valence-corrected chi connectivity index (χ2v) is 7.80. The molecule has 0 radical (unpaired) electrons. The Morgan fingerprint density at radius 3 is 2.79 bits per heavy atom. The van der Waals surface area contributed by atoms with Gasteiger partial charge in [-0.3, -0.25) is 9.59 Å². The molecule has 0 saturated carbocycles. The quantitative estimate of drug-likeness (QED) is 0.717. The number of pyridine rings is 2. The number of carbonyl (C=O) groups is 1. The van der Waals surface area contributed by atoms with E-state index in [1.807, 2.05) is 25.2 Å². The number of carbonyl (C=O) groups excluding carboxylic acids is 1. The number of hydrogen-bond donors (Lipinski definition) is 1. The molecular weight excluding hydrogens is 368 g/mol. The average molecular weight is 392 g/mol. The van der Waals surface area contributed by atoms with E-state index in [1.165, 1.54) is 0 Å². The summed E-state index contributed by atoms with van der Waals surface area (Å²) in [4.78, 5) is 32.8. The first-order chi connectivity index (χ1) is 13.9. The second-order valence-electron chi connectivity index (χ2n) is 7.80. The number of hydrogen-bond acceptors (Lipinski definition) is 5. The van der Waals surface area contributed by atoms with Crippen molar-refractivity contribution in [2.75, 3.05) is 26.7 Å². The van der Waals surface area contributed by atoms with Crippen LogP contribution in [0.3, 0.4) is 0 Å². The third-order valence-electron chi connectivity index (χ3n) is 5.35. The van der Waals surface area contributed by atoms with Crippen molar-refractivity contribution in [2.24, 2.45) is 13.0 Å². The molecule has 0 atom stereocenters. The molecule has 2 aromatic heterocycles. The van der Waals surface area contributed by atoms with Crippen molar-refractivity contribution < 1.29 is 9.90 Å². The van der Waals surface area contributed by atoms with E-state index in [4.69, 9.17) is 0 Å². The maximum Gasteiger partial charge on any atom is 0.272 e. The minimum absolute atomic E-state index is 0.00904. The van der Waals surface area contributed by atoms with Crippen LogP contribution in [0.4, 0.5) is 0 Å². The Labute approximate surface area is 168 Å². The van der Waals surface area contributed by atoms with E-state index in [0.717, 1.165) is 17.5 Å². The highest BCUT2D eigenvalue weighted by Gasteiger charge is 2.32. The molecule has 1 N–H and O–H groups in total. The molecule has 3 heterocycles. The van der Waals surface area contributed by atoms with Gasteiger partial charge in [0.05, 0.1) is 0 Å². The maximum absolute atomic E-state index is 12.7. The number of nitrogens with zero attached hydrogens (tertiary/aromatic N) is 4. The molecule has 1 amide bonds. The number of likely N-dealkylation sites (tertiary alicyclic amines) is 1. The van der Waals surface area contributed by atoms with Gasteiger partial charge in [0.25, 0.3) is 11.5 Å². The summed E-state index contributed by atoms with van der Waals surface area (Å²) < 4.78 is 1.56. The number of aryl methyl sites for hydroxylation is 1. The molecule has 7 heteroatoms. The zero-order valence-corrected chi connectivity index (χ0v) is 16.6. The Balaban J connectivity index is 1.33. The summed E-state index contributed by atoms with van der Waals surface area (Å²) in [6, 6.07) is 12.3. The van der Waals surface area contributed by atoms with E-state index in [2.05, 4.69) is 9.88 Å². The Bertz CT molecular complexity index is 1120. The number of para-hydroxylation sites is 1. The van der Waals surface area contributed by atoms with Crippen LogP contribution in [0.2, 0.25) is 0 Å². The van der Waals surface area contributed by atoms with Gasteiger partial charge in [-0.15, -0.1) is 0 Å². The van der Waals surface area contributed by atoms with Gasteiger partial charge in [0, 0.05) is 56.8 Å². The number of aromatic nitrogens is 2. The van der Waals surface area contributed by atoms with Gasteiger partial charge in [0.2, 0.25) is 0 Å². The average Bonchev–Trinajstić information content (AvgIpc) is 2.67. The molecule has 7 nitrogen and oxygen atoms in total. The van der Waals surface area contributed by atoms with Gasteiger partial charge < -0.3 is 19.5 Å². The molecular formula is C22H24N4O3. The van der Waals surface area contributed by atoms with Crippen LogP contribution in [-0.4, -0.2) is 57.0 Å². The zero-order chi connectivity index (χ0) is 20.5. The van der Waals surface area contributed by atoms with Gasteiger partial charge in [-0.25, -0.2) is 4.98 Å². The van der Waals surface area contributed by atoms with Crippen LogP contribution in [0.5, 0.6) is 5.75 Å². The fourth-order valence-corrected chi connectivity index (χ4v) is 3.77. The molecule has 3 aromatic rings. The number of amides is 1. The molecule has 0 bridgehead atoms. The number of rotatable bonds is 5. The lowest BCUT2D eigenvalue weighted by molar-refractivity contribution is 0.0423. The number of phenols is 1. The fraction of sp³-hybridized carbons (Fsp3) is 0.318. The Morgan fingerprint density at radius 2 is 2.03 bits per heavy atom. The Hall–Kier alpha value is -3.19. The molecule has 1 saturated heterocycles. The number of fused-ring (bicyclic) bond motifs is 1. The fourth-order valence-electron chi connectivity index (χ4n) is 3.77. The highest BCUT2D eigenvalue weighted by atomic mass is 16.3. The van der Waals surface area contributed by atoms with E-state index >= 15 is 0 Å². The van der Waals surface area contributed by atoms with E-state index in [0.29, 0.717) is 36.8 Å².